The first-order valence-corrected chi connectivity index (χ1v) is 12.6. The number of amides is 1. The summed E-state index contributed by atoms with van der Waals surface area (Å²) < 4.78 is 30.5. The van der Waals surface area contributed by atoms with E-state index in [2.05, 4.69) is 31.0 Å². The van der Waals surface area contributed by atoms with Crippen molar-refractivity contribution in [3.05, 3.63) is 57.9 Å². The van der Waals surface area contributed by atoms with Crippen LogP contribution in [0.4, 0.5) is 0 Å². The second-order valence-electron chi connectivity index (χ2n) is 8.31. The van der Waals surface area contributed by atoms with Crippen LogP contribution in [0.25, 0.3) is 10.2 Å². The van der Waals surface area contributed by atoms with Gasteiger partial charge in [-0.15, -0.1) is 0 Å². The van der Waals surface area contributed by atoms with Crippen molar-refractivity contribution >= 4 is 37.5 Å². The van der Waals surface area contributed by atoms with E-state index in [9.17, 15) is 13.2 Å². The molecule has 164 valence electrons. The van der Waals surface area contributed by atoms with Crippen molar-refractivity contribution in [1.82, 2.24) is 8.87 Å². The predicted molar refractivity (Wildman–Crippen MR) is 124 cm³/mol. The lowest BCUT2D eigenvalue weighted by molar-refractivity contribution is -0.122. The van der Waals surface area contributed by atoms with Gasteiger partial charge in [0.1, 0.15) is 0 Å². The first-order chi connectivity index (χ1) is 14.7. The highest BCUT2D eigenvalue weighted by Gasteiger charge is 2.33. The number of sulfonamides is 1. The molecule has 0 bridgehead atoms. The van der Waals surface area contributed by atoms with Crippen molar-refractivity contribution in [2.75, 3.05) is 13.1 Å². The zero-order valence-corrected chi connectivity index (χ0v) is 19.9. The maximum atomic E-state index is 13.0. The van der Waals surface area contributed by atoms with Crippen molar-refractivity contribution in [3.63, 3.8) is 0 Å². The molecule has 1 aromatic heterocycles. The van der Waals surface area contributed by atoms with Crippen LogP contribution in [0.1, 0.15) is 29.5 Å². The minimum absolute atomic E-state index is 0.172. The van der Waals surface area contributed by atoms with Crippen LogP contribution >= 0.6 is 11.3 Å². The predicted octanol–water partition coefficient (Wildman–Crippen LogP) is 3.69. The fourth-order valence-corrected chi connectivity index (χ4v) is 6.52. The summed E-state index contributed by atoms with van der Waals surface area (Å²) in [6, 6.07) is 11.1. The number of aryl methyl sites for hydroxylation is 4. The van der Waals surface area contributed by atoms with Gasteiger partial charge < -0.3 is 4.57 Å². The maximum Gasteiger partial charge on any atom is 0.252 e. The SMILES string of the molecule is Cc1ccc(S(=O)(=O)N2CCCC(C(=O)N=c3sc4cc(C)c(C)cc4n3C)C2)cc1. The van der Waals surface area contributed by atoms with E-state index >= 15 is 0 Å². The normalized spacial score (nSPS) is 18.6. The Morgan fingerprint density at radius 2 is 1.77 bits per heavy atom. The number of aromatic nitrogens is 1. The fraction of sp³-hybridized carbons (Fsp3) is 0.391. The topological polar surface area (TPSA) is 71.7 Å². The minimum atomic E-state index is -3.62. The average Bonchev–Trinajstić information content (AvgIpc) is 3.03. The second-order valence-corrected chi connectivity index (χ2v) is 11.3. The van der Waals surface area contributed by atoms with Gasteiger partial charge in [-0.2, -0.15) is 9.30 Å². The van der Waals surface area contributed by atoms with Crippen LogP contribution in [0.3, 0.4) is 0 Å². The number of thiazole rings is 1. The molecule has 1 saturated heterocycles. The third kappa shape index (κ3) is 4.24. The molecule has 1 amide bonds. The lowest BCUT2D eigenvalue weighted by Crippen LogP contribution is -2.42. The highest BCUT2D eigenvalue weighted by molar-refractivity contribution is 7.89. The lowest BCUT2D eigenvalue weighted by Gasteiger charge is -2.30. The molecule has 3 aromatic rings. The van der Waals surface area contributed by atoms with Crippen molar-refractivity contribution in [2.24, 2.45) is 18.0 Å². The summed E-state index contributed by atoms with van der Waals surface area (Å²) in [5.41, 5.74) is 4.46. The maximum absolute atomic E-state index is 13.0. The lowest BCUT2D eigenvalue weighted by atomic mass is 9.99. The Labute approximate surface area is 186 Å². The highest BCUT2D eigenvalue weighted by Crippen LogP contribution is 2.25. The van der Waals surface area contributed by atoms with E-state index < -0.39 is 15.9 Å². The Balaban J connectivity index is 1.60. The Kier molecular flexibility index (Phi) is 5.89. The molecule has 0 saturated carbocycles. The molecule has 31 heavy (non-hydrogen) atoms. The molecule has 0 radical (unpaired) electrons. The first kappa shape index (κ1) is 21.9. The van der Waals surface area contributed by atoms with Crippen LogP contribution < -0.4 is 4.80 Å². The van der Waals surface area contributed by atoms with Crippen LogP contribution in [-0.2, 0) is 21.9 Å². The molecule has 4 rings (SSSR count). The molecule has 0 aliphatic carbocycles. The smallest absolute Gasteiger partial charge is 0.252 e. The van der Waals surface area contributed by atoms with E-state index in [-0.39, 0.29) is 17.3 Å². The summed E-state index contributed by atoms with van der Waals surface area (Å²) in [5.74, 6) is -0.679. The highest BCUT2D eigenvalue weighted by atomic mass is 32.2. The third-order valence-corrected chi connectivity index (χ3v) is 9.00. The van der Waals surface area contributed by atoms with Gasteiger partial charge in [-0.3, -0.25) is 4.79 Å². The van der Waals surface area contributed by atoms with Gasteiger partial charge >= 0.3 is 0 Å². The van der Waals surface area contributed by atoms with Gasteiger partial charge in [-0.1, -0.05) is 29.0 Å². The van der Waals surface area contributed by atoms with Gasteiger partial charge in [0.2, 0.25) is 10.0 Å². The molecule has 6 nitrogen and oxygen atoms in total. The first-order valence-electron chi connectivity index (χ1n) is 10.4. The van der Waals surface area contributed by atoms with Crippen molar-refractivity contribution < 1.29 is 13.2 Å². The number of hydrogen-bond acceptors (Lipinski definition) is 4. The summed E-state index contributed by atoms with van der Waals surface area (Å²) in [6.07, 6.45) is 1.29. The molecule has 1 aliphatic rings. The zero-order valence-electron chi connectivity index (χ0n) is 18.3. The van der Waals surface area contributed by atoms with Crippen LogP contribution in [0.15, 0.2) is 46.3 Å². The summed E-state index contributed by atoms with van der Waals surface area (Å²) >= 11 is 1.49. The zero-order chi connectivity index (χ0) is 22.3. The molecule has 2 aromatic carbocycles. The quantitative estimate of drug-likeness (QED) is 0.602. The standard InChI is InChI=1S/C23H27N3O3S2/c1-15-7-9-19(10-8-15)31(28,29)26-11-5-6-18(14-26)22(27)24-23-25(4)20-12-16(2)17(3)13-21(20)30-23/h7-10,12-13,18H,5-6,11,14H2,1-4H3. The molecule has 1 unspecified atom stereocenters. The van der Waals surface area contributed by atoms with E-state index in [1.54, 1.807) is 24.3 Å². The minimum Gasteiger partial charge on any atom is -0.319 e. The molecule has 0 N–H and O–H groups in total. The van der Waals surface area contributed by atoms with Gasteiger partial charge in [0.15, 0.2) is 4.80 Å². The molecule has 2 heterocycles. The Morgan fingerprint density at radius 3 is 2.48 bits per heavy atom. The number of benzene rings is 2. The Hall–Kier alpha value is -2.29. The van der Waals surface area contributed by atoms with Gasteiger partial charge in [0.25, 0.3) is 5.91 Å². The van der Waals surface area contributed by atoms with Crippen LogP contribution in [-0.4, -0.2) is 36.3 Å². The van der Waals surface area contributed by atoms with E-state index in [1.807, 2.05) is 18.5 Å². The summed E-state index contributed by atoms with van der Waals surface area (Å²) in [6.45, 7) is 6.66. The third-order valence-electron chi connectivity index (χ3n) is 6.02. The fourth-order valence-electron chi connectivity index (χ4n) is 3.89. The van der Waals surface area contributed by atoms with Gasteiger partial charge in [-0.25, -0.2) is 8.42 Å². The van der Waals surface area contributed by atoms with Crippen LogP contribution in [0, 0.1) is 26.7 Å². The van der Waals surface area contributed by atoms with E-state index in [4.69, 9.17) is 0 Å². The van der Waals surface area contributed by atoms with E-state index in [0.29, 0.717) is 24.2 Å². The Bertz CT molecular complexity index is 1320. The van der Waals surface area contributed by atoms with E-state index in [0.717, 1.165) is 15.8 Å². The summed E-state index contributed by atoms with van der Waals surface area (Å²) in [5, 5.41) is 0. The van der Waals surface area contributed by atoms with Crippen molar-refractivity contribution in [2.45, 2.75) is 38.5 Å². The van der Waals surface area contributed by atoms with Gasteiger partial charge in [0, 0.05) is 20.1 Å². The molecule has 1 fully saturated rings. The molecule has 8 heteroatoms. The van der Waals surface area contributed by atoms with Crippen LogP contribution in [0.2, 0.25) is 0 Å². The number of fused-ring (bicyclic) bond motifs is 1. The van der Waals surface area contributed by atoms with Gasteiger partial charge in [-0.05, 0) is 69.0 Å². The summed E-state index contributed by atoms with van der Waals surface area (Å²) in [7, 11) is -1.71. The number of piperidine rings is 1. The van der Waals surface area contributed by atoms with E-state index in [1.165, 1.54) is 26.8 Å². The number of carbonyl (C=O) groups is 1. The molecular formula is C23H27N3O3S2. The largest absolute Gasteiger partial charge is 0.319 e. The molecule has 0 spiro atoms. The molecule has 1 atom stereocenters. The number of hydrogen-bond donors (Lipinski definition) is 0. The number of rotatable bonds is 3. The average molecular weight is 458 g/mol. The molecular weight excluding hydrogens is 430 g/mol. The van der Waals surface area contributed by atoms with Crippen molar-refractivity contribution in [3.8, 4) is 0 Å². The van der Waals surface area contributed by atoms with Crippen LogP contribution in [0.5, 0.6) is 0 Å². The summed E-state index contributed by atoms with van der Waals surface area (Å²) in [4.78, 5) is 18.3. The Morgan fingerprint density at radius 1 is 1.10 bits per heavy atom. The second kappa shape index (κ2) is 8.33. The number of nitrogens with zero attached hydrogens (tertiary/aromatic N) is 3. The number of carbonyl (C=O) groups excluding carboxylic acids is 1. The molecule has 1 aliphatic heterocycles. The monoisotopic (exact) mass is 457 g/mol. The van der Waals surface area contributed by atoms with Crippen molar-refractivity contribution in [1.29, 1.82) is 0 Å². The van der Waals surface area contributed by atoms with Gasteiger partial charge in [0.05, 0.1) is 21.0 Å².